The first-order valence-electron chi connectivity index (χ1n) is 6.13. The molecule has 4 nitrogen and oxygen atoms in total. The maximum Gasteiger partial charge on any atom is 0.130 e. The largest absolute Gasteiger partial charge is 0.370 e. The first kappa shape index (κ1) is 12.5. The number of nitrogens with zero attached hydrogens (tertiary/aromatic N) is 3. The van der Waals surface area contributed by atoms with E-state index in [4.69, 9.17) is 0 Å². The molecule has 0 amide bonds. The van der Waals surface area contributed by atoms with Gasteiger partial charge in [-0.15, -0.1) is 0 Å². The molecular weight excluding hydrogens is 224 g/mol. The zero-order valence-electron chi connectivity index (χ0n) is 11.3. The molecule has 2 aromatic rings. The zero-order chi connectivity index (χ0) is 13.1. The van der Waals surface area contributed by atoms with Crippen molar-refractivity contribution in [1.29, 1.82) is 0 Å². The van der Waals surface area contributed by atoms with E-state index in [1.807, 2.05) is 39.0 Å². The van der Waals surface area contributed by atoms with E-state index in [1.165, 1.54) is 0 Å². The molecule has 0 aromatic carbocycles. The van der Waals surface area contributed by atoms with Gasteiger partial charge < -0.3 is 5.32 Å². The van der Waals surface area contributed by atoms with Crippen molar-refractivity contribution < 1.29 is 0 Å². The van der Waals surface area contributed by atoms with Gasteiger partial charge in [-0.25, -0.2) is 9.97 Å². The second-order valence-electron chi connectivity index (χ2n) is 4.35. The zero-order valence-corrected chi connectivity index (χ0v) is 11.3. The summed E-state index contributed by atoms with van der Waals surface area (Å²) in [7, 11) is 0. The molecule has 0 aliphatic heterocycles. The maximum absolute atomic E-state index is 4.49. The van der Waals surface area contributed by atoms with Crippen LogP contribution < -0.4 is 5.32 Å². The van der Waals surface area contributed by atoms with Crippen molar-refractivity contribution in [3.63, 3.8) is 0 Å². The summed E-state index contributed by atoms with van der Waals surface area (Å²) in [4.78, 5) is 13.2. The second-order valence-corrected chi connectivity index (χ2v) is 4.35. The molecule has 18 heavy (non-hydrogen) atoms. The Morgan fingerprint density at radius 3 is 2.22 bits per heavy atom. The van der Waals surface area contributed by atoms with Gasteiger partial charge in [0.1, 0.15) is 11.6 Å². The third-order valence-electron chi connectivity index (χ3n) is 2.57. The van der Waals surface area contributed by atoms with Gasteiger partial charge in [-0.3, -0.25) is 4.98 Å². The van der Waals surface area contributed by atoms with Crippen LogP contribution in [0.3, 0.4) is 0 Å². The predicted molar refractivity (Wildman–Crippen MR) is 73.6 cm³/mol. The molecule has 0 aliphatic rings. The summed E-state index contributed by atoms with van der Waals surface area (Å²) in [6, 6.07) is 6.07. The van der Waals surface area contributed by atoms with Gasteiger partial charge in [0, 0.05) is 29.6 Å². The van der Waals surface area contributed by atoms with Gasteiger partial charge in [0.25, 0.3) is 0 Å². The predicted octanol–water partition coefficient (Wildman–Crippen LogP) is 2.90. The highest BCUT2D eigenvalue weighted by Gasteiger charge is 2.05. The number of rotatable bonds is 3. The third kappa shape index (κ3) is 2.83. The van der Waals surface area contributed by atoms with E-state index in [1.54, 1.807) is 0 Å². The Labute approximate surface area is 108 Å². The van der Waals surface area contributed by atoms with Crippen molar-refractivity contribution in [2.75, 3.05) is 11.9 Å². The average Bonchev–Trinajstić information content (AvgIpc) is 2.27. The van der Waals surface area contributed by atoms with Crippen molar-refractivity contribution in [2.45, 2.75) is 27.7 Å². The Balaban J connectivity index is 2.49. The summed E-state index contributed by atoms with van der Waals surface area (Å²) < 4.78 is 0. The van der Waals surface area contributed by atoms with Gasteiger partial charge in [-0.05, 0) is 39.8 Å². The highest BCUT2D eigenvalue weighted by molar-refractivity contribution is 5.63. The summed E-state index contributed by atoms with van der Waals surface area (Å²) in [6.45, 7) is 8.80. The van der Waals surface area contributed by atoms with Crippen LogP contribution in [0, 0.1) is 20.8 Å². The minimum atomic E-state index is 0.774. The van der Waals surface area contributed by atoms with E-state index >= 15 is 0 Å². The lowest BCUT2D eigenvalue weighted by Gasteiger charge is -2.08. The number of anilines is 1. The highest BCUT2D eigenvalue weighted by atomic mass is 15.0. The van der Waals surface area contributed by atoms with E-state index in [0.717, 1.165) is 40.8 Å². The van der Waals surface area contributed by atoms with E-state index in [9.17, 15) is 0 Å². The topological polar surface area (TPSA) is 50.7 Å². The standard InChI is InChI=1S/C14H18N4/c1-5-15-14-8-13(17-11(4)18-14)12-6-9(2)16-10(3)7-12/h6-8H,5H2,1-4H3,(H,15,17,18). The number of aryl methyl sites for hydroxylation is 3. The molecule has 0 bridgehead atoms. The number of aromatic nitrogens is 3. The van der Waals surface area contributed by atoms with E-state index in [2.05, 4.69) is 27.2 Å². The first-order valence-corrected chi connectivity index (χ1v) is 6.13. The fourth-order valence-electron chi connectivity index (χ4n) is 1.97. The van der Waals surface area contributed by atoms with Crippen LogP contribution in [0.5, 0.6) is 0 Å². The Morgan fingerprint density at radius 1 is 0.944 bits per heavy atom. The van der Waals surface area contributed by atoms with Crippen LogP contribution in [0.25, 0.3) is 11.3 Å². The van der Waals surface area contributed by atoms with Crippen LogP contribution in [-0.4, -0.2) is 21.5 Å². The van der Waals surface area contributed by atoms with Gasteiger partial charge in [0.2, 0.25) is 0 Å². The number of hydrogen-bond acceptors (Lipinski definition) is 4. The molecule has 0 aliphatic carbocycles. The van der Waals surface area contributed by atoms with Gasteiger partial charge in [-0.2, -0.15) is 0 Å². The molecule has 94 valence electrons. The van der Waals surface area contributed by atoms with Crippen molar-refractivity contribution >= 4 is 5.82 Å². The summed E-state index contributed by atoms with van der Waals surface area (Å²) >= 11 is 0. The monoisotopic (exact) mass is 242 g/mol. The summed E-state index contributed by atoms with van der Waals surface area (Å²) in [6.07, 6.45) is 0. The van der Waals surface area contributed by atoms with Crippen LogP contribution in [-0.2, 0) is 0 Å². The maximum atomic E-state index is 4.49. The SMILES string of the molecule is CCNc1cc(-c2cc(C)nc(C)c2)nc(C)n1. The minimum absolute atomic E-state index is 0.774. The summed E-state index contributed by atoms with van der Waals surface area (Å²) in [5.41, 5.74) is 4.04. The summed E-state index contributed by atoms with van der Waals surface area (Å²) in [5, 5.41) is 3.22. The van der Waals surface area contributed by atoms with Crippen molar-refractivity contribution in [2.24, 2.45) is 0 Å². The van der Waals surface area contributed by atoms with Gasteiger partial charge >= 0.3 is 0 Å². The number of nitrogens with one attached hydrogen (secondary N) is 1. The Hall–Kier alpha value is -1.97. The van der Waals surface area contributed by atoms with E-state index in [0.29, 0.717) is 0 Å². The fraction of sp³-hybridized carbons (Fsp3) is 0.357. The third-order valence-corrected chi connectivity index (χ3v) is 2.57. The fourth-order valence-corrected chi connectivity index (χ4v) is 1.97. The lowest BCUT2D eigenvalue weighted by molar-refractivity contribution is 1.03. The normalized spacial score (nSPS) is 10.4. The Kier molecular flexibility index (Phi) is 3.55. The molecule has 0 saturated carbocycles. The van der Waals surface area contributed by atoms with Gasteiger partial charge in [0.05, 0.1) is 5.69 Å². The molecule has 2 heterocycles. The van der Waals surface area contributed by atoms with Crippen molar-refractivity contribution in [3.8, 4) is 11.3 Å². The number of hydrogen-bond donors (Lipinski definition) is 1. The first-order chi connectivity index (χ1) is 8.58. The highest BCUT2D eigenvalue weighted by Crippen LogP contribution is 2.21. The van der Waals surface area contributed by atoms with Crippen LogP contribution >= 0.6 is 0 Å². The molecule has 0 atom stereocenters. The van der Waals surface area contributed by atoms with E-state index in [-0.39, 0.29) is 0 Å². The molecule has 2 aromatic heterocycles. The van der Waals surface area contributed by atoms with Crippen molar-refractivity contribution in [1.82, 2.24) is 15.0 Å². The van der Waals surface area contributed by atoms with E-state index < -0.39 is 0 Å². The Bertz CT molecular complexity index is 543. The molecule has 2 rings (SSSR count). The average molecular weight is 242 g/mol. The Morgan fingerprint density at radius 2 is 1.61 bits per heavy atom. The smallest absolute Gasteiger partial charge is 0.130 e. The second kappa shape index (κ2) is 5.12. The van der Waals surface area contributed by atoms with Crippen LogP contribution in [0.2, 0.25) is 0 Å². The molecule has 4 heteroatoms. The molecule has 0 saturated heterocycles. The lowest BCUT2D eigenvalue weighted by Crippen LogP contribution is -2.02. The molecule has 0 spiro atoms. The van der Waals surface area contributed by atoms with Crippen molar-refractivity contribution in [3.05, 3.63) is 35.4 Å². The molecular formula is C14H18N4. The molecule has 1 N–H and O–H groups in total. The van der Waals surface area contributed by atoms with Gasteiger partial charge in [-0.1, -0.05) is 0 Å². The van der Waals surface area contributed by atoms with Crippen LogP contribution in [0.1, 0.15) is 24.1 Å². The number of pyridine rings is 1. The molecule has 0 unspecified atom stereocenters. The molecule has 0 radical (unpaired) electrons. The van der Waals surface area contributed by atoms with Gasteiger partial charge in [0.15, 0.2) is 0 Å². The van der Waals surface area contributed by atoms with Crippen LogP contribution in [0.15, 0.2) is 18.2 Å². The minimum Gasteiger partial charge on any atom is -0.370 e. The molecule has 0 fully saturated rings. The summed E-state index contributed by atoms with van der Waals surface area (Å²) in [5.74, 6) is 1.64. The van der Waals surface area contributed by atoms with Crippen LogP contribution in [0.4, 0.5) is 5.82 Å². The quantitative estimate of drug-likeness (QED) is 0.899. The lowest BCUT2D eigenvalue weighted by atomic mass is 10.1.